The first-order valence-electron chi connectivity index (χ1n) is 10.00. The van der Waals surface area contributed by atoms with Gasteiger partial charge in [-0.25, -0.2) is 9.97 Å². The van der Waals surface area contributed by atoms with Crippen LogP contribution < -0.4 is 24.6 Å². The van der Waals surface area contributed by atoms with Crippen molar-refractivity contribution in [1.29, 1.82) is 0 Å². The Labute approximate surface area is 188 Å². The van der Waals surface area contributed by atoms with E-state index in [0.29, 0.717) is 54.2 Å². The molecule has 0 atom stereocenters. The Morgan fingerprint density at radius 1 is 1.00 bits per heavy atom. The van der Waals surface area contributed by atoms with Crippen LogP contribution in [0.25, 0.3) is 0 Å². The minimum absolute atomic E-state index is 0.121. The average molecular weight is 455 g/mol. The molecule has 1 saturated heterocycles. The fraction of sp³-hybridized carbons (Fsp3) is 0.238. The molecule has 32 heavy (non-hydrogen) atoms. The predicted octanol–water partition coefficient (Wildman–Crippen LogP) is 3.84. The number of nitro groups is 1. The summed E-state index contributed by atoms with van der Waals surface area (Å²) in [5, 5.41) is 15.7. The molecule has 0 saturated carbocycles. The Balaban J connectivity index is 1.37. The number of halogens is 1. The number of rotatable bonds is 5. The molecule has 0 bridgehead atoms. The Morgan fingerprint density at radius 2 is 1.78 bits per heavy atom. The number of benzene rings is 2. The van der Waals surface area contributed by atoms with E-state index in [1.807, 2.05) is 29.2 Å². The van der Waals surface area contributed by atoms with E-state index < -0.39 is 4.92 Å². The molecule has 3 aromatic rings. The van der Waals surface area contributed by atoms with Gasteiger partial charge in [-0.15, -0.1) is 0 Å². The lowest BCUT2D eigenvalue weighted by atomic mass is 10.2. The number of aromatic nitrogens is 2. The van der Waals surface area contributed by atoms with Crippen molar-refractivity contribution in [2.24, 2.45) is 0 Å². The van der Waals surface area contributed by atoms with Gasteiger partial charge in [0.1, 0.15) is 6.33 Å². The van der Waals surface area contributed by atoms with Crippen LogP contribution in [-0.2, 0) is 0 Å². The van der Waals surface area contributed by atoms with Crippen LogP contribution in [0.2, 0.25) is 5.02 Å². The highest BCUT2D eigenvalue weighted by atomic mass is 35.5. The first-order valence-corrected chi connectivity index (χ1v) is 10.4. The maximum atomic E-state index is 12.0. The molecule has 1 N–H and O–H groups in total. The van der Waals surface area contributed by atoms with E-state index >= 15 is 0 Å². The first-order chi connectivity index (χ1) is 15.6. The van der Waals surface area contributed by atoms with Gasteiger partial charge in [0, 0.05) is 48.6 Å². The summed E-state index contributed by atoms with van der Waals surface area (Å²) in [6, 6.07) is 12.9. The zero-order valence-electron chi connectivity index (χ0n) is 16.9. The molecule has 0 aliphatic carbocycles. The largest absolute Gasteiger partial charge is 0.454 e. The van der Waals surface area contributed by atoms with E-state index in [2.05, 4.69) is 20.2 Å². The lowest BCUT2D eigenvalue weighted by Crippen LogP contribution is -2.47. The Hall–Kier alpha value is -3.79. The number of anilines is 4. The molecule has 10 nitrogen and oxygen atoms in total. The zero-order chi connectivity index (χ0) is 22.1. The lowest BCUT2D eigenvalue weighted by molar-refractivity contribution is -0.383. The Bertz CT molecular complexity index is 1170. The number of hydrogen-bond donors (Lipinski definition) is 1. The van der Waals surface area contributed by atoms with Gasteiger partial charge in [-0.3, -0.25) is 10.1 Å². The Kier molecular flexibility index (Phi) is 5.28. The van der Waals surface area contributed by atoms with E-state index in [1.165, 1.54) is 6.33 Å². The van der Waals surface area contributed by atoms with Gasteiger partial charge in [-0.1, -0.05) is 17.7 Å². The molecule has 2 aliphatic heterocycles. The molecule has 0 unspecified atom stereocenters. The van der Waals surface area contributed by atoms with Crippen molar-refractivity contribution in [2.45, 2.75) is 0 Å². The number of nitrogens with one attached hydrogen (secondary N) is 1. The summed E-state index contributed by atoms with van der Waals surface area (Å²) in [5.41, 5.74) is 1.47. The third kappa shape index (κ3) is 3.92. The summed E-state index contributed by atoms with van der Waals surface area (Å²) < 4.78 is 10.7. The summed E-state index contributed by atoms with van der Waals surface area (Å²) >= 11 is 6.11. The van der Waals surface area contributed by atoms with E-state index in [1.54, 1.807) is 18.2 Å². The van der Waals surface area contributed by atoms with E-state index in [-0.39, 0.29) is 18.3 Å². The van der Waals surface area contributed by atoms with Gasteiger partial charge in [0.15, 0.2) is 11.5 Å². The van der Waals surface area contributed by atoms with Crippen molar-refractivity contribution in [1.82, 2.24) is 9.97 Å². The van der Waals surface area contributed by atoms with Gasteiger partial charge in [0.25, 0.3) is 0 Å². The molecule has 1 aromatic heterocycles. The van der Waals surface area contributed by atoms with E-state index in [9.17, 15) is 10.1 Å². The minimum Gasteiger partial charge on any atom is -0.454 e. The number of nitrogens with zero attached hydrogens (tertiary/aromatic N) is 5. The van der Waals surface area contributed by atoms with Crippen molar-refractivity contribution in [3.05, 3.63) is 63.9 Å². The van der Waals surface area contributed by atoms with Crippen molar-refractivity contribution in [2.75, 3.05) is 48.1 Å². The van der Waals surface area contributed by atoms with Gasteiger partial charge in [-0.2, -0.15) is 0 Å². The van der Waals surface area contributed by atoms with Crippen molar-refractivity contribution in [3.8, 4) is 11.5 Å². The van der Waals surface area contributed by atoms with Crippen LogP contribution >= 0.6 is 11.6 Å². The van der Waals surface area contributed by atoms with Crippen LogP contribution in [-0.4, -0.2) is 47.9 Å². The second kappa shape index (κ2) is 8.39. The summed E-state index contributed by atoms with van der Waals surface area (Å²) in [5.74, 6) is 1.62. The second-order valence-corrected chi connectivity index (χ2v) is 7.74. The minimum atomic E-state index is -0.450. The molecule has 1 fully saturated rings. The maximum absolute atomic E-state index is 12.0. The highest BCUT2D eigenvalue weighted by molar-refractivity contribution is 6.30. The molecule has 2 aromatic carbocycles. The first kappa shape index (κ1) is 20.1. The molecular weight excluding hydrogens is 436 g/mol. The fourth-order valence-corrected chi connectivity index (χ4v) is 4.01. The lowest BCUT2D eigenvalue weighted by Gasteiger charge is -2.36. The highest BCUT2D eigenvalue weighted by Crippen LogP contribution is 2.38. The number of fused-ring (bicyclic) bond motifs is 1. The molecule has 2 aliphatic rings. The monoisotopic (exact) mass is 454 g/mol. The van der Waals surface area contributed by atoms with Gasteiger partial charge in [0.05, 0.1) is 4.92 Å². The number of hydrogen-bond acceptors (Lipinski definition) is 9. The SMILES string of the molecule is O=[N+]([O-])c1c(Nc2ccc3c(c2)OCO3)ncnc1N1CCN(c2cccc(Cl)c2)CC1. The number of piperazine rings is 1. The summed E-state index contributed by atoms with van der Waals surface area (Å²) in [6.45, 7) is 2.68. The second-order valence-electron chi connectivity index (χ2n) is 7.30. The van der Waals surface area contributed by atoms with Gasteiger partial charge >= 0.3 is 5.69 Å². The summed E-state index contributed by atoms with van der Waals surface area (Å²) in [4.78, 5) is 24.0. The zero-order valence-corrected chi connectivity index (χ0v) is 17.7. The van der Waals surface area contributed by atoms with E-state index in [4.69, 9.17) is 21.1 Å². The highest BCUT2D eigenvalue weighted by Gasteiger charge is 2.29. The molecule has 5 rings (SSSR count). The molecule has 0 radical (unpaired) electrons. The topological polar surface area (TPSA) is 106 Å². The van der Waals surface area contributed by atoms with Crippen LogP contribution in [0.4, 0.5) is 28.7 Å². The molecule has 164 valence electrons. The average Bonchev–Trinajstić information content (AvgIpc) is 3.27. The van der Waals surface area contributed by atoms with Crippen molar-refractivity contribution < 1.29 is 14.4 Å². The molecule has 0 spiro atoms. The third-order valence-electron chi connectivity index (χ3n) is 5.37. The Morgan fingerprint density at radius 3 is 2.56 bits per heavy atom. The predicted molar refractivity (Wildman–Crippen MR) is 120 cm³/mol. The quantitative estimate of drug-likeness (QED) is 0.454. The third-order valence-corrected chi connectivity index (χ3v) is 5.61. The van der Waals surface area contributed by atoms with E-state index in [0.717, 1.165) is 5.69 Å². The van der Waals surface area contributed by atoms with Gasteiger partial charge in [-0.05, 0) is 30.3 Å². The van der Waals surface area contributed by atoms with Crippen LogP contribution in [0.15, 0.2) is 48.8 Å². The van der Waals surface area contributed by atoms with Crippen LogP contribution in [0.5, 0.6) is 11.5 Å². The standard InChI is InChI=1S/C21H19ClN6O4/c22-14-2-1-3-16(10-14)26-6-8-27(9-7-26)21-19(28(29)30)20(23-12-24-21)25-15-4-5-17-18(11-15)32-13-31-17/h1-5,10-12H,6-9,13H2,(H,23,24,25). The van der Waals surface area contributed by atoms with Gasteiger partial charge in [0.2, 0.25) is 18.4 Å². The molecule has 11 heteroatoms. The normalized spacial score (nSPS) is 15.0. The molecule has 3 heterocycles. The number of ether oxygens (including phenoxy) is 2. The fourth-order valence-electron chi connectivity index (χ4n) is 3.82. The smallest absolute Gasteiger partial charge is 0.353 e. The van der Waals surface area contributed by atoms with Crippen molar-refractivity contribution in [3.63, 3.8) is 0 Å². The van der Waals surface area contributed by atoms with Crippen LogP contribution in [0.3, 0.4) is 0 Å². The summed E-state index contributed by atoms with van der Waals surface area (Å²) in [7, 11) is 0. The van der Waals surface area contributed by atoms with Crippen molar-refractivity contribution >= 4 is 40.3 Å². The van der Waals surface area contributed by atoms with Crippen LogP contribution in [0.1, 0.15) is 0 Å². The summed E-state index contributed by atoms with van der Waals surface area (Å²) in [6.07, 6.45) is 1.33. The molecule has 0 amide bonds. The van der Waals surface area contributed by atoms with Gasteiger partial charge < -0.3 is 24.6 Å². The maximum Gasteiger partial charge on any atom is 0.353 e. The van der Waals surface area contributed by atoms with Crippen LogP contribution in [0, 0.1) is 10.1 Å². The molecular formula is C21H19ClN6O4.